The van der Waals surface area contributed by atoms with E-state index in [1.165, 1.54) is 18.1 Å². The summed E-state index contributed by atoms with van der Waals surface area (Å²) in [6.07, 6.45) is 1.33. The molecule has 9 heteroatoms. The largest absolute Gasteiger partial charge is 0.496 e. The van der Waals surface area contributed by atoms with Gasteiger partial charge in [0.15, 0.2) is 5.82 Å². The second-order valence-corrected chi connectivity index (χ2v) is 4.79. The molecular formula is C15H19N5O4. The molecule has 0 aliphatic heterocycles. The Morgan fingerprint density at radius 1 is 1.25 bits per heavy atom. The first kappa shape index (κ1) is 17.3. The monoisotopic (exact) mass is 333 g/mol. The fourth-order valence-corrected chi connectivity index (χ4v) is 2.02. The minimum absolute atomic E-state index is 0.0468. The van der Waals surface area contributed by atoms with Gasteiger partial charge < -0.3 is 14.8 Å². The van der Waals surface area contributed by atoms with Crippen LogP contribution < -0.4 is 15.4 Å². The van der Waals surface area contributed by atoms with E-state index in [1.807, 2.05) is 24.3 Å². The lowest BCUT2D eigenvalue weighted by atomic mass is 10.1. The van der Waals surface area contributed by atoms with Crippen LogP contribution in [-0.2, 0) is 22.5 Å². The molecule has 1 aromatic heterocycles. The Balaban J connectivity index is 1.78. The minimum atomic E-state index is -0.650. The number of rotatable bonds is 7. The molecule has 1 aromatic carbocycles. The van der Waals surface area contributed by atoms with E-state index in [2.05, 4.69) is 25.6 Å². The van der Waals surface area contributed by atoms with Gasteiger partial charge >= 0.3 is 6.09 Å². The van der Waals surface area contributed by atoms with Gasteiger partial charge in [0.1, 0.15) is 12.3 Å². The van der Waals surface area contributed by atoms with Crippen LogP contribution in [0.25, 0.3) is 0 Å². The Hall–Kier alpha value is -3.10. The average Bonchev–Trinajstić information content (AvgIpc) is 3.01. The minimum Gasteiger partial charge on any atom is -0.496 e. The first-order valence-corrected chi connectivity index (χ1v) is 7.26. The van der Waals surface area contributed by atoms with Crippen molar-refractivity contribution >= 4 is 17.8 Å². The van der Waals surface area contributed by atoms with E-state index < -0.39 is 6.09 Å². The Kier molecular flexibility index (Phi) is 6.12. The average molecular weight is 333 g/mol. The summed E-state index contributed by atoms with van der Waals surface area (Å²) in [7, 11) is 2.86. The number of para-hydroxylation sites is 1. The molecule has 0 atom stereocenters. The molecule has 0 spiro atoms. The lowest BCUT2D eigenvalue weighted by Crippen LogP contribution is -2.30. The summed E-state index contributed by atoms with van der Waals surface area (Å²) in [5.74, 6) is 0.771. The summed E-state index contributed by atoms with van der Waals surface area (Å²) in [6, 6.07) is 7.64. The molecule has 0 fully saturated rings. The van der Waals surface area contributed by atoms with Crippen LogP contribution in [0.4, 0.5) is 10.6 Å². The summed E-state index contributed by atoms with van der Waals surface area (Å²) >= 11 is 0. The highest BCUT2D eigenvalue weighted by atomic mass is 16.5. The molecule has 0 radical (unpaired) electrons. The highest BCUT2D eigenvalue weighted by Gasteiger charge is 2.09. The Labute approximate surface area is 138 Å². The standard InChI is InChI=1S/C15H19N5O4/c1-23-12-6-4-3-5-11(12)7-8-16-14(21)10-20-17-9-13(19-20)18-15(22)24-2/h3-6,9H,7-8,10H2,1-2H3,(H,16,21)(H,18,19,22). The molecular weight excluding hydrogens is 314 g/mol. The Bertz CT molecular complexity index is 701. The topological polar surface area (TPSA) is 107 Å². The van der Waals surface area contributed by atoms with E-state index in [4.69, 9.17) is 4.74 Å². The molecule has 0 unspecified atom stereocenters. The van der Waals surface area contributed by atoms with Gasteiger partial charge in [0.2, 0.25) is 5.91 Å². The number of methoxy groups -OCH3 is 2. The maximum atomic E-state index is 11.9. The van der Waals surface area contributed by atoms with Crippen LogP contribution in [0.2, 0.25) is 0 Å². The van der Waals surface area contributed by atoms with Crippen molar-refractivity contribution in [2.75, 3.05) is 26.1 Å². The molecule has 0 aliphatic carbocycles. The van der Waals surface area contributed by atoms with Gasteiger partial charge in [-0.05, 0) is 18.1 Å². The lowest BCUT2D eigenvalue weighted by molar-refractivity contribution is -0.122. The molecule has 1 heterocycles. The van der Waals surface area contributed by atoms with Gasteiger partial charge in [-0.3, -0.25) is 10.1 Å². The van der Waals surface area contributed by atoms with Crippen LogP contribution >= 0.6 is 0 Å². The highest BCUT2D eigenvalue weighted by molar-refractivity contribution is 5.82. The maximum Gasteiger partial charge on any atom is 0.412 e. The van der Waals surface area contributed by atoms with Crippen molar-refractivity contribution in [3.8, 4) is 5.75 Å². The van der Waals surface area contributed by atoms with E-state index in [-0.39, 0.29) is 18.3 Å². The molecule has 2 rings (SSSR count). The van der Waals surface area contributed by atoms with Crippen LogP contribution in [0.5, 0.6) is 5.75 Å². The number of aromatic nitrogens is 3. The van der Waals surface area contributed by atoms with E-state index in [0.717, 1.165) is 11.3 Å². The number of nitrogens with one attached hydrogen (secondary N) is 2. The summed E-state index contributed by atoms with van der Waals surface area (Å²) in [6.45, 7) is 0.419. The quantitative estimate of drug-likeness (QED) is 0.777. The van der Waals surface area contributed by atoms with Gasteiger partial charge in [-0.15, -0.1) is 5.10 Å². The van der Waals surface area contributed by atoms with Gasteiger partial charge in [0.25, 0.3) is 0 Å². The number of amides is 2. The van der Waals surface area contributed by atoms with Gasteiger partial charge in [0, 0.05) is 6.54 Å². The van der Waals surface area contributed by atoms with Crippen molar-refractivity contribution in [3.05, 3.63) is 36.0 Å². The summed E-state index contributed by atoms with van der Waals surface area (Å²) in [4.78, 5) is 24.1. The molecule has 0 saturated heterocycles. The predicted octanol–water partition coefficient (Wildman–Crippen LogP) is 0.824. The second-order valence-electron chi connectivity index (χ2n) is 4.79. The van der Waals surface area contributed by atoms with Crippen LogP contribution in [0.15, 0.2) is 30.5 Å². The molecule has 2 N–H and O–H groups in total. The first-order valence-electron chi connectivity index (χ1n) is 7.26. The maximum absolute atomic E-state index is 11.9. The number of nitrogens with zero attached hydrogens (tertiary/aromatic N) is 3. The van der Waals surface area contributed by atoms with Crippen LogP contribution in [0.1, 0.15) is 5.56 Å². The molecule has 9 nitrogen and oxygen atoms in total. The lowest BCUT2D eigenvalue weighted by Gasteiger charge is -2.09. The predicted molar refractivity (Wildman–Crippen MR) is 85.8 cm³/mol. The van der Waals surface area contributed by atoms with E-state index in [0.29, 0.717) is 13.0 Å². The van der Waals surface area contributed by atoms with Gasteiger partial charge in [-0.25, -0.2) is 4.79 Å². The number of carbonyl (C=O) groups excluding carboxylic acids is 2. The summed E-state index contributed by atoms with van der Waals surface area (Å²) < 4.78 is 9.70. The van der Waals surface area contributed by atoms with E-state index >= 15 is 0 Å². The molecule has 0 aliphatic rings. The SMILES string of the molecule is COC(=O)Nc1cnn(CC(=O)NCCc2ccccc2OC)n1. The summed E-state index contributed by atoms with van der Waals surface area (Å²) in [5, 5.41) is 13.0. The fourth-order valence-electron chi connectivity index (χ4n) is 2.02. The van der Waals surface area contributed by atoms with Crippen molar-refractivity contribution in [2.24, 2.45) is 0 Å². The summed E-state index contributed by atoms with van der Waals surface area (Å²) in [5.41, 5.74) is 1.02. The number of carbonyl (C=O) groups is 2. The first-order chi connectivity index (χ1) is 11.6. The zero-order chi connectivity index (χ0) is 17.4. The number of benzene rings is 1. The van der Waals surface area contributed by atoms with Crippen LogP contribution in [-0.4, -0.2) is 47.8 Å². The van der Waals surface area contributed by atoms with Gasteiger partial charge in [-0.2, -0.15) is 9.90 Å². The van der Waals surface area contributed by atoms with Crippen molar-refractivity contribution in [3.63, 3.8) is 0 Å². The smallest absolute Gasteiger partial charge is 0.412 e. The van der Waals surface area contributed by atoms with Gasteiger partial charge in [-0.1, -0.05) is 18.2 Å². The van der Waals surface area contributed by atoms with E-state index in [9.17, 15) is 9.59 Å². The fraction of sp³-hybridized carbons (Fsp3) is 0.333. The Morgan fingerprint density at radius 3 is 2.79 bits per heavy atom. The highest BCUT2D eigenvalue weighted by Crippen LogP contribution is 2.17. The molecule has 24 heavy (non-hydrogen) atoms. The normalized spacial score (nSPS) is 10.1. The van der Waals surface area contributed by atoms with Crippen molar-refractivity contribution in [2.45, 2.75) is 13.0 Å². The molecule has 128 valence electrons. The van der Waals surface area contributed by atoms with Gasteiger partial charge in [0.05, 0.1) is 20.4 Å². The number of hydrogen-bond donors (Lipinski definition) is 2. The zero-order valence-electron chi connectivity index (χ0n) is 13.5. The van der Waals surface area contributed by atoms with Crippen LogP contribution in [0.3, 0.4) is 0 Å². The second kappa shape index (κ2) is 8.51. The van der Waals surface area contributed by atoms with Crippen molar-refractivity contribution in [1.82, 2.24) is 20.3 Å². The van der Waals surface area contributed by atoms with Crippen molar-refractivity contribution in [1.29, 1.82) is 0 Å². The number of hydrogen-bond acceptors (Lipinski definition) is 6. The molecule has 0 saturated carbocycles. The van der Waals surface area contributed by atoms with Crippen molar-refractivity contribution < 1.29 is 19.1 Å². The molecule has 2 aromatic rings. The molecule has 2 amide bonds. The number of anilines is 1. The molecule has 0 bridgehead atoms. The third kappa shape index (κ3) is 4.97. The van der Waals surface area contributed by atoms with Crippen LogP contribution in [0, 0.1) is 0 Å². The third-order valence-electron chi connectivity index (χ3n) is 3.15. The number of ether oxygens (including phenoxy) is 2. The Morgan fingerprint density at radius 2 is 2.04 bits per heavy atom. The zero-order valence-corrected chi connectivity index (χ0v) is 13.5. The third-order valence-corrected chi connectivity index (χ3v) is 3.15. The van der Waals surface area contributed by atoms with E-state index in [1.54, 1.807) is 7.11 Å².